The smallest absolute Gasteiger partial charge is 0.123 e. The van der Waals surface area contributed by atoms with Crippen LogP contribution < -0.4 is 16.4 Å². The summed E-state index contributed by atoms with van der Waals surface area (Å²) in [6.45, 7) is 2.11. The highest BCUT2D eigenvalue weighted by Gasteiger charge is 2.25. The Morgan fingerprint density at radius 2 is 1.93 bits per heavy atom. The first-order valence-corrected chi connectivity index (χ1v) is 4.83. The molecule has 2 rings (SSSR count). The van der Waals surface area contributed by atoms with Gasteiger partial charge in [0, 0.05) is 6.04 Å². The molecule has 0 bridgehead atoms. The molecule has 0 aromatic heterocycles. The Morgan fingerprint density at radius 3 is 2.57 bits per heavy atom. The molecule has 1 aliphatic rings. The molecular formula is C10H14FN3. The molecule has 1 fully saturated rings. The monoisotopic (exact) mass is 195 g/mol. The fraction of sp³-hybridized carbons (Fsp3) is 0.400. The van der Waals surface area contributed by atoms with Gasteiger partial charge >= 0.3 is 0 Å². The summed E-state index contributed by atoms with van der Waals surface area (Å²) in [4.78, 5) is 0. The van der Waals surface area contributed by atoms with E-state index >= 15 is 0 Å². The molecule has 2 unspecified atom stereocenters. The summed E-state index contributed by atoms with van der Waals surface area (Å²) >= 11 is 0. The number of hydrazine groups is 2. The van der Waals surface area contributed by atoms with E-state index in [9.17, 15) is 4.39 Å². The molecule has 2 atom stereocenters. The summed E-state index contributed by atoms with van der Waals surface area (Å²) < 4.78 is 12.7. The summed E-state index contributed by atoms with van der Waals surface area (Å²) in [6, 6.07) is 7.15. The zero-order valence-electron chi connectivity index (χ0n) is 8.05. The predicted octanol–water partition coefficient (Wildman–Crippen LogP) is 1.26. The minimum atomic E-state index is -0.194. The minimum absolute atomic E-state index is 0.194. The van der Waals surface area contributed by atoms with Crippen LogP contribution in [0.5, 0.6) is 0 Å². The Morgan fingerprint density at radius 1 is 1.21 bits per heavy atom. The van der Waals surface area contributed by atoms with Gasteiger partial charge in [-0.1, -0.05) is 19.1 Å². The molecule has 0 aliphatic carbocycles. The molecule has 14 heavy (non-hydrogen) atoms. The van der Waals surface area contributed by atoms with E-state index in [1.54, 1.807) is 0 Å². The van der Waals surface area contributed by atoms with E-state index in [0.717, 1.165) is 12.0 Å². The van der Waals surface area contributed by atoms with Gasteiger partial charge in [0.1, 0.15) is 5.82 Å². The Labute approximate surface area is 82.6 Å². The minimum Gasteiger partial charge on any atom is -0.239 e. The van der Waals surface area contributed by atoms with Crippen LogP contribution in [0, 0.1) is 5.82 Å². The lowest BCUT2D eigenvalue weighted by Gasteiger charge is -2.16. The van der Waals surface area contributed by atoms with E-state index in [0.29, 0.717) is 6.04 Å². The van der Waals surface area contributed by atoms with Gasteiger partial charge in [-0.2, -0.15) is 5.53 Å². The standard InChI is InChI=1S/C10H14FN3/c1-2-9-10(13-14-12-9)7-3-5-8(11)6-4-7/h3-6,9-10,12-14H,2H2,1H3. The van der Waals surface area contributed by atoms with Gasteiger partial charge in [-0.3, -0.25) is 0 Å². The molecule has 1 saturated heterocycles. The summed E-state index contributed by atoms with van der Waals surface area (Å²) in [7, 11) is 0. The van der Waals surface area contributed by atoms with Crippen LogP contribution in [-0.4, -0.2) is 6.04 Å². The van der Waals surface area contributed by atoms with Crippen LogP contribution in [0.2, 0.25) is 0 Å². The molecule has 3 nitrogen and oxygen atoms in total. The van der Waals surface area contributed by atoms with Crippen LogP contribution in [0.3, 0.4) is 0 Å². The van der Waals surface area contributed by atoms with Crippen molar-refractivity contribution in [2.45, 2.75) is 25.4 Å². The van der Waals surface area contributed by atoms with Gasteiger partial charge in [0.05, 0.1) is 6.04 Å². The zero-order chi connectivity index (χ0) is 9.97. The number of hydrogen-bond acceptors (Lipinski definition) is 3. The average Bonchev–Trinajstić information content (AvgIpc) is 2.67. The summed E-state index contributed by atoms with van der Waals surface area (Å²) in [5.41, 5.74) is 10.2. The van der Waals surface area contributed by atoms with Crippen molar-refractivity contribution in [3.05, 3.63) is 35.6 Å². The number of benzene rings is 1. The molecule has 1 aromatic carbocycles. The van der Waals surface area contributed by atoms with Gasteiger partial charge < -0.3 is 0 Å². The van der Waals surface area contributed by atoms with Crippen molar-refractivity contribution in [1.82, 2.24) is 16.4 Å². The zero-order valence-corrected chi connectivity index (χ0v) is 8.05. The molecule has 3 N–H and O–H groups in total. The van der Waals surface area contributed by atoms with E-state index in [4.69, 9.17) is 0 Å². The Bertz CT molecular complexity index is 299. The topological polar surface area (TPSA) is 36.1 Å². The third-order valence-corrected chi connectivity index (χ3v) is 2.56. The van der Waals surface area contributed by atoms with E-state index in [1.807, 2.05) is 12.1 Å². The molecule has 1 aliphatic heterocycles. The van der Waals surface area contributed by atoms with Gasteiger partial charge in [0.15, 0.2) is 0 Å². The summed E-state index contributed by atoms with van der Waals surface area (Å²) in [6.07, 6.45) is 1.02. The number of nitrogens with one attached hydrogen (secondary N) is 3. The first-order chi connectivity index (χ1) is 6.81. The fourth-order valence-electron chi connectivity index (χ4n) is 1.72. The second kappa shape index (κ2) is 4.04. The molecule has 0 spiro atoms. The first kappa shape index (κ1) is 9.58. The third kappa shape index (κ3) is 1.77. The highest BCUT2D eigenvalue weighted by atomic mass is 19.1. The van der Waals surface area contributed by atoms with Crippen molar-refractivity contribution in [2.75, 3.05) is 0 Å². The SMILES string of the molecule is CCC1NNNC1c1ccc(F)cc1. The van der Waals surface area contributed by atoms with Crippen molar-refractivity contribution >= 4 is 0 Å². The second-order valence-electron chi connectivity index (χ2n) is 3.46. The van der Waals surface area contributed by atoms with Crippen LogP contribution in [0.25, 0.3) is 0 Å². The van der Waals surface area contributed by atoms with Crippen LogP contribution in [0.4, 0.5) is 4.39 Å². The maximum atomic E-state index is 12.7. The maximum Gasteiger partial charge on any atom is 0.123 e. The van der Waals surface area contributed by atoms with E-state index < -0.39 is 0 Å². The third-order valence-electron chi connectivity index (χ3n) is 2.56. The quantitative estimate of drug-likeness (QED) is 0.665. The van der Waals surface area contributed by atoms with Gasteiger partial charge in [-0.15, -0.1) is 0 Å². The van der Waals surface area contributed by atoms with Gasteiger partial charge in [-0.05, 0) is 24.1 Å². The second-order valence-corrected chi connectivity index (χ2v) is 3.46. The predicted molar refractivity (Wildman–Crippen MR) is 52.6 cm³/mol. The molecular weight excluding hydrogens is 181 g/mol. The van der Waals surface area contributed by atoms with Crippen LogP contribution in [0.1, 0.15) is 24.9 Å². The largest absolute Gasteiger partial charge is 0.239 e. The lowest BCUT2D eigenvalue weighted by atomic mass is 9.99. The molecule has 0 radical (unpaired) electrons. The van der Waals surface area contributed by atoms with Crippen LogP contribution in [0.15, 0.2) is 24.3 Å². The van der Waals surface area contributed by atoms with Gasteiger partial charge in [0.25, 0.3) is 0 Å². The van der Waals surface area contributed by atoms with Gasteiger partial charge in [0.2, 0.25) is 0 Å². The summed E-state index contributed by atoms with van der Waals surface area (Å²) in [5, 5.41) is 0. The van der Waals surface area contributed by atoms with E-state index in [1.165, 1.54) is 12.1 Å². The lowest BCUT2D eigenvalue weighted by molar-refractivity contribution is 0.510. The highest BCUT2D eigenvalue weighted by molar-refractivity contribution is 5.22. The van der Waals surface area contributed by atoms with Crippen molar-refractivity contribution in [3.63, 3.8) is 0 Å². The Balaban J connectivity index is 2.17. The number of rotatable bonds is 2. The molecule has 76 valence electrons. The molecule has 0 amide bonds. The van der Waals surface area contributed by atoms with Crippen LogP contribution in [-0.2, 0) is 0 Å². The highest BCUT2D eigenvalue weighted by Crippen LogP contribution is 2.20. The summed E-state index contributed by atoms with van der Waals surface area (Å²) in [5.74, 6) is -0.194. The van der Waals surface area contributed by atoms with Crippen LogP contribution >= 0.6 is 0 Å². The normalized spacial score (nSPS) is 26.7. The molecule has 1 heterocycles. The first-order valence-electron chi connectivity index (χ1n) is 4.83. The molecule has 4 heteroatoms. The Hall–Kier alpha value is -0.970. The number of hydrogen-bond donors (Lipinski definition) is 3. The number of halogens is 1. The van der Waals surface area contributed by atoms with E-state index in [2.05, 4.69) is 23.3 Å². The van der Waals surface area contributed by atoms with Gasteiger partial charge in [-0.25, -0.2) is 15.2 Å². The van der Waals surface area contributed by atoms with Crippen molar-refractivity contribution < 1.29 is 4.39 Å². The fourth-order valence-corrected chi connectivity index (χ4v) is 1.72. The van der Waals surface area contributed by atoms with Crippen molar-refractivity contribution in [3.8, 4) is 0 Å². The van der Waals surface area contributed by atoms with Crippen molar-refractivity contribution in [1.29, 1.82) is 0 Å². The molecule has 1 aromatic rings. The maximum absolute atomic E-state index is 12.7. The lowest BCUT2D eigenvalue weighted by Crippen LogP contribution is -2.32. The average molecular weight is 195 g/mol. The van der Waals surface area contributed by atoms with E-state index in [-0.39, 0.29) is 11.9 Å². The Kier molecular flexibility index (Phi) is 2.77. The molecule has 0 saturated carbocycles. The van der Waals surface area contributed by atoms with Crippen molar-refractivity contribution in [2.24, 2.45) is 0 Å².